The molecule has 2 N–H and O–H groups in total. The Bertz CT molecular complexity index is 604. The molecule has 1 saturated heterocycles. The second kappa shape index (κ2) is 10.2. The summed E-state index contributed by atoms with van der Waals surface area (Å²) in [5.74, 6) is 1.44. The SMILES string of the molecule is COc1ccc(/C(C)=N/NC(=S)NCCN2CCOCC2)c(OC)c1. The van der Waals surface area contributed by atoms with E-state index in [-0.39, 0.29) is 0 Å². The van der Waals surface area contributed by atoms with E-state index < -0.39 is 0 Å². The van der Waals surface area contributed by atoms with Crippen LogP contribution in [0.1, 0.15) is 12.5 Å². The fraction of sp³-hybridized carbons (Fsp3) is 0.529. The van der Waals surface area contributed by atoms with Crippen molar-refractivity contribution in [3.63, 3.8) is 0 Å². The topological polar surface area (TPSA) is 67.4 Å². The first-order chi connectivity index (χ1) is 12.1. The maximum atomic E-state index is 5.40. The number of thiocarbonyl (C=S) groups is 1. The van der Waals surface area contributed by atoms with Gasteiger partial charge in [-0.05, 0) is 31.3 Å². The van der Waals surface area contributed by atoms with Crippen molar-refractivity contribution in [2.75, 3.05) is 53.6 Å². The monoisotopic (exact) mass is 366 g/mol. The van der Waals surface area contributed by atoms with Gasteiger partial charge < -0.3 is 19.5 Å². The molecule has 0 unspecified atom stereocenters. The molecule has 8 heteroatoms. The molecule has 0 saturated carbocycles. The number of rotatable bonds is 7. The molecule has 0 aliphatic carbocycles. The Balaban J connectivity index is 1.82. The van der Waals surface area contributed by atoms with Crippen molar-refractivity contribution in [2.45, 2.75) is 6.92 Å². The van der Waals surface area contributed by atoms with Crippen LogP contribution in [0.5, 0.6) is 11.5 Å². The number of ether oxygens (including phenoxy) is 3. The highest BCUT2D eigenvalue weighted by Gasteiger charge is 2.10. The molecule has 1 heterocycles. The number of hydrogen-bond donors (Lipinski definition) is 2. The number of nitrogens with zero attached hydrogens (tertiary/aromatic N) is 2. The highest BCUT2D eigenvalue weighted by atomic mass is 32.1. The lowest BCUT2D eigenvalue weighted by Gasteiger charge is -2.26. The molecule has 0 radical (unpaired) electrons. The van der Waals surface area contributed by atoms with Gasteiger partial charge in [0.2, 0.25) is 0 Å². The normalized spacial score (nSPS) is 15.6. The van der Waals surface area contributed by atoms with Crippen LogP contribution in [0.25, 0.3) is 0 Å². The van der Waals surface area contributed by atoms with Gasteiger partial charge in [-0.15, -0.1) is 0 Å². The Labute approximate surface area is 154 Å². The predicted molar refractivity (Wildman–Crippen MR) is 103 cm³/mol. The summed E-state index contributed by atoms with van der Waals surface area (Å²) in [7, 11) is 3.24. The Morgan fingerprint density at radius 1 is 1.28 bits per heavy atom. The lowest BCUT2D eigenvalue weighted by atomic mass is 10.1. The molecular weight excluding hydrogens is 340 g/mol. The zero-order valence-electron chi connectivity index (χ0n) is 15.0. The lowest BCUT2D eigenvalue weighted by Crippen LogP contribution is -2.42. The van der Waals surface area contributed by atoms with Gasteiger partial charge in [0, 0.05) is 37.8 Å². The van der Waals surface area contributed by atoms with Crippen molar-refractivity contribution in [2.24, 2.45) is 5.10 Å². The summed E-state index contributed by atoms with van der Waals surface area (Å²) in [6.45, 7) is 7.14. The van der Waals surface area contributed by atoms with Crippen molar-refractivity contribution in [3.8, 4) is 11.5 Å². The van der Waals surface area contributed by atoms with Crippen molar-refractivity contribution >= 4 is 23.0 Å². The summed E-state index contributed by atoms with van der Waals surface area (Å²) in [6, 6.07) is 5.61. The molecule has 0 amide bonds. The van der Waals surface area contributed by atoms with E-state index in [1.165, 1.54) is 0 Å². The maximum Gasteiger partial charge on any atom is 0.187 e. The third-order valence-corrected chi connectivity index (χ3v) is 4.18. The minimum atomic E-state index is 0.500. The summed E-state index contributed by atoms with van der Waals surface area (Å²) in [6.07, 6.45) is 0. The third-order valence-electron chi connectivity index (χ3n) is 3.94. The second-order valence-electron chi connectivity index (χ2n) is 5.59. The van der Waals surface area contributed by atoms with E-state index in [1.807, 2.05) is 25.1 Å². The molecule has 1 aliphatic heterocycles. The zero-order chi connectivity index (χ0) is 18.1. The van der Waals surface area contributed by atoms with Gasteiger partial charge in [-0.1, -0.05) is 0 Å². The first-order valence-corrected chi connectivity index (χ1v) is 8.65. The van der Waals surface area contributed by atoms with E-state index in [9.17, 15) is 0 Å². The van der Waals surface area contributed by atoms with Crippen molar-refractivity contribution < 1.29 is 14.2 Å². The summed E-state index contributed by atoms with van der Waals surface area (Å²) in [4.78, 5) is 2.34. The Kier molecular flexibility index (Phi) is 7.90. The molecule has 0 bridgehead atoms. The number of morpholine rings is 1. The smallest absolute Gasteiger partial charge is 0.187 e. The minimum absolute atomic E-state index is 0.500. The van der Waals surface area contributed by atoms with Crippen LogP contribution >= 0.6 is 12.2 Å². The molecule has 0 spiro atoms. The van der Waals surface area contributed by atoms with Gasteiger partial charge in [0.15, 0.2) is 5.11 Å². The van der Waals surface area contributed by atoms with Crippen LogP contribution in [0.3, 0.4) is 0 Å². The highest BCUT2D eigenvalue weighted by molar-refractivity contribution is 7.80. The molecule has 0 aromatic heterocycles. The van der Waals surface area contributed by atoms with Gasteiger partial charge in [0.05, 0.1) is 33.1 Å². The number of hydrazone groups is 1. The molecule has 1 fully saturated rings. The van der Waals surface area contributed by atoms with Gasteiger partial charge in [-0.3, -0.25) is 10.3 Å². The standard InChI is InChI=1S/C17H26N4O3S/c1-13(15-5-4-14(22-2)12-16(15)23-3)19-20-17(25)18-6-7-21-8-10-24-11-9-21/h4-5,12H,6-11H2,1-3H3,(H2,18,20,25)/b19-13+. The van der Waals surface area contributed by atoms with Crippen LogP contribution in [0.15, 0.2) is 23.3 Å². The molecule has 1 aliphatic rings. The van der Waals surface area contributed by atoms with Gasteiger partial charge in [0.25, 0.3) is 0 Å². The van der Waals surface area contributed by atoms with E-state index in [1.54, 1.807) is 14.2 Å². The van der Waals surface area contributed by atoms with Gasteiger partial charge >= 0.3 is 0 Å². The second-order valence-corrected chi connectivity index (χ2v) is 5.99. The number of methoxy groups -OCH3 is 2. The fourth-order valence-corrected chi connectivity index (χ4v) is 2.63. The van der Waals surface area contributed by atoms with Crippen LogP contribution in [-0.4, -0.2) is 69.3 Å². The first-order valence-electron chi connectivity index (χ1n) is 8.24. The number of benzene rings is 1. The van der Waals surface area contributed by atoms with Gasteiger partial charge in [-0.25, -0.2) is 0 Å². The third kappa shape index (κ3) is 6.15. The molecule has 138 valence electrons. The molecule has 1 aromatic rings. The van der Waals surface area contributed by atoms with Gasteiger partial charge in [0.1, 0.15) is 11.5 Å². The Morgan fingerprint density at radius 3 is 2.72 bits per heavy atom. The van der Waals surface area contributed by atoms with Crippen LogP contribution < -0.4 is 20.2 Å². The fourth-order valence-electron chi connectivity index (χ4n) is 2.48. The summed E-state index contributed by atoms with van der Waals surface area (Å²) >= 11 is 5.27. The Hall–Kier alpha value is -1.90. The average molecular weight is 366 g/mol. The molecule has 1 aromatic carbocycles. The number of hydrogen-bond acceptors (Lipinski definition) is 6. The van der Waals surface area contributed by atoms with Gasteiger partial charge in [-0.2, -0.15) is 5.10 Å². The Morgan fingerprint density at radius 2 is 2.04 bits per heavy atom. The van der Waals surface area contributed by atoms with Crippen molar-refractivity contribution in [1.82, 2.24) is 15.6 Å². The molecule has 0 atom stereocenters. The van der Waals surface area contributed by atoms with E-state index in [2.05, 4.69) is 20.7 Å². The summed E-state index contributed by atoms with van der Waals surface area (Å²) < 4.78 is 15.9. The van der Waals surface area contributed by atoms with E-state index >= 15 is 0 Å². The highest BCUT2D eigenvalue weighted by Crippen LogP contribution is 2.24. The van der Waals surface area contributed by atoms with Crippen LogP contribution in [0.2, 0.25) is 0 Å². The molecule has 2 rings (SSSR count). The predicted octanol–water partition coefficient (Wildman–Crippen LogP) is 1.22. The van der Waals surface area contributed by atoms with E-state index in [0.29, 0.717) is 10.9 Å². The quantitative estimate of drug-likeness (QED) is 0.427. The minimum Gasteiger partial charge on any atom is -0.497 e. The summed E-state index contributed by atoms with van der Waals surface area (Å²) in [5.41, 5.74) is 4.53. The molecule has 7 nitrogen and oxygen atoms in total. The maximum absolute atomic E-state index is 5.40. The lowest BCUT2D eigenvalue weighted by molar-refractivity contribution is 0.0389. The molecule has 25 heavy (non-hydrogen) atoms. The van der Waals surface area contributed by atoms with E-state index in [0.717, 1.165) is 56.4 Å². The largest absolute Gasteiger partial charge is 0.497 e. The first kappa shape index (κ1) is 19.4. The van der Waals surface area contributed by atoms with Crippen molar-refractivity contribution in [3.05, 3.63) is 23.8 Å². The summed E-state index contributed by atoms with van der Waals surface area (Å²) in [5, 5.41) is 8.00. The van der Waals surface area contributed by atoms with Crippen LogP contribution in [-0.2, 0) is 4.74 Å². The van der Waals surface area contributed by atoms with Crippen molar-refractivity contribution in [1.29, 1.82) is 0 Å². The van der Waals surface area contributed by atoms with Crippen LogP contribution in [0.4, 0.5) is 0 Å². The molecular formula is C17H26N4O3S. The number of nitrogens with one attached hydrogen (secondary N) is 2. The zero-order valence-corrected chi connectivity index (χ0v) is 15.8. The van der Waals surface area contributed by atoms with Crippen LogP contribution in [0, 0.1) is 0 Å². The average Bonchev–Trinajstić information content (AvgIpc) is 2.66. The van der Waals surface area contributed by atoms with E-state index in [4.69, 9.17) is 26.4 Å².